The van der Waals surface area contributed by atoms with Gasteiger partial charge in [-0.1, -0.05) is 24.3 Å². The van der Waals surface area contributed by atoms with Crippen LogP contribution in [0.1, 0.15) is 37.3 Å². The molecule has 0 aliphatic carbocycles. The first-order chi connectivity index (χ1) is 17.0. The molecule has 1 fully saturated rings. The number of benzene rings is 2. The Morgan fingerprint density at radius 3 is 2.11 bits per heavy atom. The topological polar surface area (TPSA) is 54.4 Å². The molecule has 1 unspecified atom stereocenters. The Balaban J connectivity index is 1.53. The number of hydrogen-bond donors (Lipinski definition) is 1. The minimum absolute atomic E-state index is 0.162. The molecule has 194 valence electrons. The van der Waals surface area contributed by atoms with E-state index in [0.717, 1.165) is 87.8 Å². The number of rotatable bonds is 15. The number of nitrogens with zero attached hydrogens (tertiary/aromatic N) is 2. The molecule has 2 aromatic rings. The van der Waals surface area contributed by atoms with Gasteiger partial charge in [0.05, 0.1) is 25.9 Å². The number of β-amino-alcohol motifs (C(OH)–C–C–N with tert-alkyl or cyclic N) is 1. The molecule has 0 bridgehead atoms. The highest BCUT2D eigenvalue weighted by atomic mass is 16.5. The van der Waals surface area contributed by atoms with Crippen LogP contribution < -0.4 is 9.47 Å². The Morgan fingerprint density at radius 2 is 1.54 bits per heavy atom. The zero-order valence-corrected chi connectivity index (χ0v) is 22.1. The van der Waals surface area contributed by atoms with Crippen molar-refractivity contribution in [3.8, 4) is 22.6 Å². The molecule has 0 amide bonds. The Bertz CT molecular complexity index is 904. The van der Waals surface area contributed by atoms with Crippen molar-refractivity contribution in [2.75, 3.05) is 66.2 Å². The maximum absolute atomic E-state index is 9.68. The maximum Gasteiger partial charge on any atom is 0.122 e. The molecule has 1 heterocycles. The van der Waals surface area contributed by atoms with Crippen molar-refractivity contribution in [1.82, 2.24) is 9.80 Å². The second kappa shape index (κ2) is 14.4. The van der Waals surface area contributed by atoms with Crippen molar-refractivity contribution in [3.05, 3.63) is 47.5 Å². The molecule has 0 saturated carbocycles. The molecule has 6 heteroatoms. The third-order valence-corrected chi connectivity index (χ3v) is 6.75. The molecule has 35 heavy (non-hydrogen) atoms. The van der Waals surface area contributed by atoms with Gasteiger partial charge < -0.3 is 29.1 Å². The minimum atomic E-state index is -0.162. The van der Waals surface area contributed by atoms with Crippen molar-refractivity contribution in [2.24, 2.45) is 0 Å². The van der Waals surface area contributed by atoms with E-state index in [4.69, 9.17) is 14.2 Å². The predicted octanol–water partition coefficient (Wildman–Crippen LogP) is 4.54. The fourth-order valence-electron chi connectivity index (χ4n) is 4.60. The Kier molecular flexibility index (Phi) is 11.3. The van der Waals surface area contributed by atoms with Gasteiger partial charge >= 0.3 is 0 Å². The van der Waals surface area contributed by atoms with Gasteiger partial charge in [0.2, 0.25) is 0 Å². The molecular formula is C29H44N2O4. The van der Waals surface area contributed by atoms with E-state index in [1.54, 1.807) is 0 Å². The summed E-state index contributed by atoms with van der Waals surface area (Å²) in [6, 6.07) is 12.6. The normalized spacial score (nSPS) is 16.2. The molecule has 1 N–H and O–H groups in total. The second-order valence-electron chi connectivity index (χ2n) is 9.50. The van der Waals surface area contributed by atoms with Crippen molar-refractivity contribution in [1.29, 1.82) is 0 Å². The van der Waals surface area contributed by atoms with Crippen LogP contribution in [0.3, 0.4) is 0 Å². The van der Waals surface area contributed by atoms with Gasteiger partial charge in [-0.25, -0.2) is 0 Å². The van der Waals surface area contributed by atoms with Gasteiger partial charge in [0.25, 0.3) is 0 Å². The largest absolute Gasteiger partial charge is 0.493 e. The first kappa shape index (κ1) is 27.5. The monoisotopic (exact) mass is 484 g/mol. The summed E-state index contributed by atoms with van der Waals surface area (Å²) in [7, 11) is 2.12. The smallest absolute Gasteiger partial charge is 0.122 e. The molecule has 0 spiro atoms. The molecular weight excluding hydrogens is 440 g/mol. The van der Waals surface area contributed by atoms with Crippen molar-refractivity contribution in [2.45, 2.75) is 46.1 Å². The van der Waals surface area contributed by atoms with Gasteiger partial charge in [0, 0.05) is 39.3 Å². The molecule has 0 radical (unpaired) electrons. The van der Waals surface area contributed by atoms with Crippen LogP contribution in [-0.4, -0.2) is 87.2 Å². The third-order valence-electron chi connectivity index (χ3n) is 6.75. The van der Waals surface area contributed by atoms with Crippen LogP contribution in [0.5, 0.6) is 11.5 Å². The lowest BCUT2D eigenvalue weighted by atomic mass is 9.95. The van der Waals surface area contributed by atoms with Gasteiger partial charge in [0.1, 0.15) is 11.5 Å². The van der Waals surface area contributed by atoms with E-state index in [1.165, 1.54) is 11.1 Å². The number of ether oxygens (including phenoxy) is 3. The number of aliphatic hydroxyl groups is 1. The summed E-state index contributed by atoms with van der Waals surface area (Å²) in [5, 5.41) is 9.68. The Morgan fingerprint density at radius 1 is 0.914 bits per heavy atom. The van der Waals surface area contributed by atoms with Crippen molar-refractivity contribution >= 4 is 0 Å². The fraction of sp³-hybridized carbons (Fsp3) is 0.586. The third kappa shape index (κ3) is 8.50. The zero-order valence-electron chi connectivity index (χ0n) is 22.1. The van der Waals surface area contributed by atoms with Crippen LogP contribution in [0.4, 0.5) is 0 Å². The summed E-state index contributed by atoms with van der Waals surface area (Å²) in [5.74, 6) is 1.88. The molecule has 1 saturated heterocycles. The SMILES string of the molecule is CCOCCN(C)CCCOc1cccc(-c2cccc(OCCCN3CCC(O)C3)c2C)c1C. The van der Waals surface area contributed by atoms with Gasteiger partial charge in [-0.05, 0) is 81.5 Å². The van der Waals surface area contributed by atoms with Crippen LogP contribution in [0.2, 0.25) is 0 Å². The molecule has 1 atom stereocenters. The van der Waals surface area contributed by atoms with E-state index in [9.17, 15) is 5.11 Å². The average Bonchev–Trinajstić information content (AvgIpc) is 3.27. The first-order valence-electron chi connectivity index (χ1n) is 13.1. The Labute approximate surface area is 211 Å². The summed E-state index contributed by atoms with van der Waals surface area (Å²) in [6.45, 7) is 13.9. The quantitative estimate of drug-likeness (QED) is 0.375. The van der Waals surface area contributed by atoms with Crippen LogP contribution in [0.15, 0.2) is 36.4 Å². The lowest BCUT2D eigenvalue weighted by molar-refractivity contribution is 0.120. The lowest BCUT2D eigenvalue weighted by Crippen LogP contribution is -2.25. The van der Waals surface area contributed by atoms with Crippen LogP contribution in [0, 0.1) is 13.8 Å². The first-order valence-corrected chi connectivity index (χ1v) is 13.1. The number of likely N-dealkylation sites (N-methyl/N-ethyl adjacent to an activating group) is 1. The maximum atomic E-state index is 9.68. The van der Waals surface area contributed by atoms with E-state index in [-0.39, 0.29) is 6.10 Å². The summed E-state index contributed by atoms with van der Waals surface area (Å²) >= 11 is 0. The number of likely N-dealkylation sites (tertiary alicyclic amines) is 1. The van der Waals surface area contributed by atoms with Crippen molar-refractivity contribution in [3.63, 3.8) is 0 Å². The standard InChI is InChI=1S/C29H44N2O4/c1-5-33-21-18-30(4)15-8-19-34-28-12-6-10-26(23(28)2)27-11-7-13-29(24(27)3)35-20-9-16-31-17-14-25(32)22-31/h6-7,10-13,25,32H,5,8-9,14-22H2,1-4H3. The molecule has 1 aliphatic rings. The van der Waals surface area contributed by atoms with E-state index >= 15 is 0 Å². The molecule has 0 aromatic heterocycles. The average molecular weight is 485 g/mol. The van der Waals surface area contributed by atoms with E-state index < -0.39 is 0 Å². The van der Waals surface area contributed by atoms with Gasteiger partial charge in [-0.15, -0.1) is 0 Å². The highest BCUT2D eigenvalue weighted by Gasteiger charge is 2.19. The fourth-order valence-corrected chi connectivity index (χ4v) is 4.60. The summed E-state index contributed by atoms with van der Waals surface area (Å²) in [5.41, 5.74) is 4.68. The molecule has 2 aromatic carbocycles. The molecule has 3 rings (SSSR count). The predicted molar refractivity (Wildman–Crippen MR) is 143 cm³/mol. The van der Waals surface area contributed by atoms with Crippen LogP contribution in [-0.2, 0) is 4.74 Å². The summed E-state index contributed by atoms with van der Waals surface area (Å²) in [4.78, 5) is 4.59. The van der Waals surface area contributed by atoms with Gasteiger partial charge in [-0.3, -0.25) is 0 Å². The number of aliphatic hydroxyl groups excluding tert-OH is 1. The van der Waals surface area contributed by atoms with Gasteiger partial charge in [-0.2, -0.15) is 0 Å². The zero-order chi connectivity index (χ0) is 25.0. The second-order valence-corrected chi connectivity index (χ2v) is 9.50. The highest BCUT2D eigenvalue weighted by molar-refractivity contribution is 5.74. The highest BCUT2D eigenvalue weighted by Crippen LogP contribution is 2.35. The van der Waals surface area contributed by atoms with Crippen LogP contribution in [0.25, 0.3) is 11.1 Å². The molecule has 1 aliphatic heterocycles. The van der Waals surface area contributed by atoms with Gasteiger partial charge in [0.15, 0.2) is 0 Å². The summed E-state index contributed by atoms with van der Waals surface area (Å²) < 4.78 is 17.8. The number of hydrogen-bond acceptors (Lipinski definition) is 6. The van der Waals surface area contributed by atoms with E-state index in [2.05, 4.69) is 67.1 Å². The van der Waals surface area contributed by atoms with Crippen LogP contribution >= 0.6 is 0 Å². The Hall–Kier alpha value is -2.12. The van der Waals surface area contributed by atoms with Crippen molar-refractivity contribution < 1.29 is 19.3 Å². The lowest BCUT2D eigenvalue weighted by Gasteiger charge is -2.19. The molecule has 6 nitrogen and oxygen atoms in total. The summed E-state index contributed by atoms with van der Waals surface area (Å²) in [6.07, 6.45) is 2.66. The van der Waals surface area contributed by atoms with E-state index in [0.29, 0.717) is 13.2 Å². The van der Waals surface area contributed by atoms with E-state index in [1.807, 2.05) is 6.92 Å². The minimum Gasteiger partial charge on any atom is -0.493 e.